The minimum atomic E-state index is 1.12. The third-order valence-corrected chi connectivity index (χ3v) is 8.12. The Balaban J connectivity index is 1.60. The second-order valence-corrected chi connectivity index (χ2v) is 10.6. The van der Waals surface area contributed by atoms with Crippen molar-refractivity contribution in [2.24, 2.45) is 0 Å². The number of hydrogen-bond acceptors (Lipinski definition) is 1. The minimum absolute atomic E-state index is 1.12. The standard InChI is InChI=1S/C40H28N2/c1-5-16-29(17-6-1)36-28-30-18-13-14-25-34(30)40-38(36)35-26-15-27-37(39(35)42(40)33-23-11-4-12-24-33)41(31-19-7-2-8-20-31)32-21-9-3-10-22-32/h1-28H. The fourth-order valence-electron chi connectivity index (χ4n) is 6.36. The lowest BCUT2D eigenvalue weighted by atomic mass is 9.95. The van der Waals surface area contributed by atoms with Crippen LogP contribution in [0.15, 0.2) is 170 Å². The number of hydrogen-bond donors (Lipinski definition) is 0. The number of anilines is 3. The zero-order valence-corrected chi connectivity index (χ0v) is 23.1. The SMILES string of the molecule is c1ccc(-c2cc3ccccc3c3c2c2cccc(N(c4ccccc4)c4ccccc4)c2n3-c2ccccc2)cc1. The Bertz CT molecular complexity index is 2130. The van der Waals surface area contributed by atoms with E-state index < -0.39 is 0 Å². The van der Waals surface area contributed by atoms with Gasteiger partial charge >= 0.3 is 0 Å². The Hall–Kier alpha value is -5.60. The van der Waals surface area contributed by atoms with Gasteiger partial charge in [0.05, 0.1) is 16.7 Å². The molecule has 0 radical (unpaired) electrons. The third kappa shape index (κ3) is 3.88. The van der Waals surface area contributed by atoms with Crippen LogP contribution in [0, 0.1) is 0 Å². The highest BCUT2D eigenvalue weighted by molar-refractivity contribution is 6.26. The zero-order valence-electron chi connectivity index (χ0n) is 23.1. The highest BCUT2D eigenvalue weighted by atomic mass is 15.2. The summed E-state index contributed by atoms with van der Waals surface area (Å²) in [6.45, 7) is 0. The van der Waals surface area contributed by atoms with Crippen molar-refractivity contribution in [1.82, 2.24) is 4.57 Å². The van der Waals surface area contributed by atoms with E-state index in [2.05, 4.69) is 179 Å². The first-order valence-electron chi connectivity index (χ1n) is 14.4. The molecule has 0 saturated carbocycles. The molecule has 2 heteroatoms. The first kappa shape index (κ1) is 24.2. The van der Waals surface area contributed by atoms with E-state index >= 15 is 0 Å². The summed E-state index contributed by atoms with van der Waals surface area (Å²) in [4.78, 5) is 2.38. The molecule has 0 fully saturated rings. The first-order chi connectivity index (χ1) is 20.9. The number of aromatic nitrogens is 1. The number of nitrogens with zero attached hydrogens (tertiary/aromatic N) is 2. The minimum Gasteiger partial charge on any atom is -0.308 e. The predicted molar refractivity (Wildman–Crippen MR) is 178 cm³/mol. The van der Waals surface area contributed by atoms with Gasteiger partial charge in [-0.2, -0.15) is 0 Å². The molecule has 8 aromatic rings. The van der Waals surface area contributed by atoms with Crippen molar-refractivity contribution in [3.05, 3.63) is 170 Å². The van der Waals surface area contributed by atoms with Crippen molar-refractivity contribution in [1.29, 1.82) is 0 Å². The average Bonchev–Trinajstić information content (AvgIpc) is 3.43. The maximum atomic E-state index is 2.48. The van der Waals surface area contributed by atoms with Crippen LogP contribution in [0.2, 0.25) is 0 Å². The van der Waals surface area contributed by atoms with E-state index in [0.717, 1.165) is 22.7 Å². The molecular weight excluding hydrogens is 508 g/mol. The molecule has 198 valence electrons. The Morgan fingerprint density at radius 1 is 0.429 bits per heavy atom. The van der Waals surface area contributed by atoms with E-state index in [9.17, 15) is 0 Å². The molecule has 7 aromatic carbocycles. The molecule has 0 unspecified atom stereocenters. The number of para-hydroxylation sites is 4. The van der Waals surface area contributed by atoms with E-state index in [1.165, 1.54) is 43.7 Å². The predicted octanol–water partition coefficient (Wildman–Crippen LogP) is 11.1. The van der Waals surface area contributed by atoms with Gasteiger partial charge in [0.1, 0.15) is 0 Å². The molecule has 0 aliphatic rings. The number of fused-ring (bicyclic) bond motifs is 5. The lowest BCUT2D eigenvalue weighted by Crippen LogP contribution is -2.11. The highest BCUT2D eigenvalue weighted by Gasteiger charge is 2.24. The number of rotatable bonds is 5. The first-order valence-corrected chi connectivity index (χ1v) is 14.4. The van der Waals surface area contributed by atoms with E-state index in [1.807, 2.05) is 0 Å². The lowest BCUT2D eigenvalue weighted by molar-refractivity contribution is 1.17. The summed E-state index contributed by atoms with van der Waals surface area (Å²) in [6, 6.07) is 60.8. The number of benzene rings is 7. The maximum absolute atomic E-state index is 2.48. The molecule has 1 heterocycles. The summed E-state index contributed by atoms with van der Waals surface area (Å²) in [5.74, 6) is 0. The molecule has 0 saturated heterocycles. The molecule has 42 heavy (non-hydrogen) atoms. The van der Waals surface area contributed by atoms with Crippen LogP contribution in [-0.4, -0.2) is 4.57 Å². The van der Waals surface area contributed by atoms with Crippen molar-refractivity contribution in [3.63, 3.8) is 0 Å². The fourth-order valence-corrected chi connectivity index (χ4v) is 6.36. The Labute approximate surface area is 245 Å². The molecule has 0 atom stereocenters. The van der Waals surface area contributed by atoms with E-state index in [-0.39, 0.29) is 0 Å². The Morgan fingerprint density at radius 2 is 0.976 bits per heavy atom. The second kappa shape index (κ2) is 10.1. The molecule has 0 aliphatic carbocycles. The van der Waals surface area contributed by atoms with Gasteiger partial charge < -0.3 is 9.47 Å². The van der Waals surface area contributed by atoms with Crippen molar-refractivity contribution in [2.75, 3.05) is 4.90 Å². The van der Waals surface area contributed by atoms with E-state index in [1.54, 1.807) is 0 Å². The van der Waals surface area contributed by atoms with Gasteiger partial charge in [0, 0.05) is 33.2 Å². The third-order valence-electron chi connectivity index (χ3n) is 8.12. The molecule has 0 bridgehead atoms. The van der Waals surface area contributed by atoms with Crippen molar-refractivity contribution >= 4 is 49.6 Å². The molecular formula is C40H28N2. The molecule has 8 rings (SSSR count). The summed E-state index contributed by atoms with van der Waals surface area (Å²) in [6.07, 6.45) is 0. The van der Waals surface area contributed by atoms with Crippen LogP contribution >= 0.6 is 0 Å². The summed E-state index contributed by atoms with van der Waals surface area (Å²) >= 11 is 0. The lowest BCUT2D eigenvalue weighted by Gasteiger charge is -2.27. The molecule has 0 aliphatic heterocycles. The molecule has 1 aromatic heterocycles. The Morgan fingerprint density at radius 3 is 1.64 bits per heavy atom. The topological polar surface area (TPSA) is 8.17 Å². The zero-order chi connectivity index (χ0) is 27.9. The van der Waals surface area contributed by atoms with Crippen molar-refractivity contribution < 1.29 is 0 Å². The van der Waals surface area contributed by atoms with Crippen LogP contribution in [-0.2, 0) is 0 Å². The van der Waals surface area contributed by atoms with Gasteiger partial charge in [-0.1, -0.05) is 121 Å². The summed E-state index contributed by atoms with van der Waals surface area (Å²) in [7, 11) is 0. The van der Waals surface area contributed by atoms with Gasteiger partial charge in [-0.15, -0.1) is 0 Å². The maximum Gasteiger partial charge on any atom is 0.0782 e. The van der Waals surface area contributed by atoms with Gasteiger partial charge in [0.15, 0.2) is 0 Å². The molecule has 0 amide bonds. The van der Waals surface area contributed by atoms with Gasteiger partial charge in [0.2, 0.25) is 0 Å². The van der Waals surface area contributed by atoms with Crippen molar-refractivity contribution in [2.45, 2.75) is 0 Å². The molecule has 2 nitrogen and oxygen atoms in total. The van der Waals surface area contributed by atoms with Crippen LogP contribution in [0.3, 0.4) is 0 Å². The molecule has 0 N–H and O–H groups in total. The van der Waals surface area contributed by atoms with Crippen LogP contribution in [0.5, 0.6) is 0 Å². The quantitative estimate of drug-likeness (QED) is 0.212. The summed E-state index contributed by atoms with van der Waals surface area (Å²) in [5, 5.41) is 4.96. The van der Waals surface area contributed by atoms with Crippen LogP contribution in [0.1, 0.15) is 0 Å². The van der Waals surface area contributed by atoms with Gasteiger partial charge in [0.25, 0.3) is 0 Å². The van der Waals surface area contributed by atoms with Crippen LogP contribution in [0.4, 0.5) is 17.1 Å². The smallest absolute Gasteiger partial charge is 0.0782 e. The van der Waals surface area contributed by atoms with Crippen LogP contribution < -0.4 is 4.90 Å². The van der Waals surface area contributed by atoms with Gasteiger partial charge in [-0.05, 0) is 65.0 Å². The van der Waals surface area contributed by atoms with E-state index in [0.29, 0.717) is 0 Å². The molecule has 0 spiro atoms. The van der Waals surface area contributed by atoms with Crippen LogP contribution in [0.25, 0.3) is 49.4 Å². The normalized spacial score (nSPS) is 11.3. The summed E-state index contributed by atoms with van der Waals surface area (Å²) < 4.78 is 2.48. The Kier molecular flexibility index (Phi) is 5.82. The van der Waals surface area contributed by atoms with Gasteiger partial charge in [-0.25, -0.2) is 0 Å². The highest BCUT2D eigenvalue weighted by Crippen LogP contribution is 2.47. The summed E-state index contributed by atoms with van der Waals surface area (Å²) in [5.41, 5.74) is 9.38. The second-order valence-electron chi connectivity index (χ2n) is 10.6. The van der Waals surface area contributed by atoms with Gasteiger partial charge in [-0.3, -0.25) is 0 Å². The largest absolute Gasteiger partial charge is 0.308 e. The average molecular weight is 537 g/mol. The fraction of sp³-hybridized carbons (Fsp3) is 0. The monoisotopic (exact) mass is 536 g/mol. The van der Waals surface area contributed by atoms with Crippen molar-refractivity contribution in [3.8, 4) is 16.8 Å². The van der Waals surface area contributed by atoms with E-state index in [4.69, 9.17) is 0 Å².